The highest BCUT2D eigenvalue weighted by Gasteiger charge is 1.82. The van der Waals surface area contributed by atoms with E-state index in [-0.39, 0.29) is 6.61 Å². The van der Waals surface area contributed by atoms with E-state index in [1.807, 2.05) is 20.8 Å². The zero-order valence-corrected chi connectivity index (χ0v) is 6.86. The van der Waals surface area contributed by atoms with Crippen LogP contribution in [0, 0.1) is 11.8 Å². The largest absolute Gasteiger partial charge is 0.395 e. The van der Waals surface area contributed by atoms with E-state index in [1.54, 1.807) is 0 Å². The lowest BCUT2D eigenvalue weighted by Gasteiger charge is -1.89. The highest BCUT2D eigenvalue weighted by atomic mass is 16.2. The summed E-state index contributed by atoms with van der Waals surface area (Å²) in [4.78, 5) is 0. The second-order valence-corrected chi connectivity index (χ2v) is 2.40. The minimum atomic E-state index is 0.156. The molecule has 0 aliphatic carbocycles. The summed E-state index contributed by atoms with van der Waals surface area (Å²) in [6, 6.07) is 0. The summed E-state index contributed by atoms with van der Waals surface area (Å²) < 4.78 is 0. The van der Waals surface area contributed by atoms with Gasteiger partial charge in [0.05, 0.1) is 6.61 Å². The molecule has 0 rings (SSSR count). The van der Waals surface area contributed by atoms with Crippen molar-refractivity contribution >= 4 is 0 Å². The van der Waals surface area contributed by atoms with Gasteiger partial charge in [-0.3, -0.25) is 0 Å². The molecular formula is C9H14O. The molecule has 1 heteroatoms. The molecule has 0 radical (unpaired) electrons. The van der Waals surface area contributed by atoms with Gasteiger partial charge >= 0.3 is 0 Å². The Morgan fingerprint density at radius 1 is 1.30 bits per heavy atom. The minimum Gasteiger partial charge on any atom is -0.395 e. The number of rotatable bonds is 1. The number of aliphatic hydroxyl groups excluding tert-OH is 1. The van der Waals surface area contributed by atoms with Crippen LogP contribution in [0.5, 0.6) is 0 Å². The molecule has 0 saturated heterocycles. The Hall–Kier alpha value is -0.740. The summed E-state index contributed by atoms with van der Waals surface area (Å²) >= 11 is 0. The van der Waals surface area contributed by atoms with Gasteiger partial charge in [-0.2, -0.15) is 0 Å². The molecular weight excluding hydrogens is 124 g/mol. The Kier molecular flexibility index (Phi) is 4.70. The van der Waals surface area contributed by atoms with Crippen molar-refractivity contribution in [2.45, 2.75) is 27.2 Å². The van der Waals surface area contributed by atoms with Crippen LogP contribution in [0.1, 0.15) is 27.2 Å². The van der Waals surface area contributed by atoms with Crippen molar-refractivity contribution in [1.29, 1.82) is 0 Å². The van der Waals surface area contributed by atoms with Crippen LogP contribution in [0.4, 0.5) is 0 Å². The van der Waals surface area contributed by atoms with Gasteiger partial charge in [0.15, 0.2) is 0 Å². The first-order valence-corrected chi connectivity index (χ1v) is 3.42. The molecule has 0 aromatic carbocycles. The average Bonchev–Trinajstić information content (AvgIpc) is 1.88. The van der Waals surface area contributed by atoms with Gasteiger partial charge in [-0.1, -0.05) is 17.4 Å². The van der Waals surface area contributed by atoms with Crippen LogP contribution < -0.4 is 0 Å². The van der Waals surface area contributed by atoms with Gasteiger partial charge in [-0.25, -0.2) is 0 Å². The summed E-state index contributed by atoms with van der Waals surface area (Å²) in [6.45, 7) is 6.20. The molecule has 1 nitrogen and oxygen atoms in total. The molecule has 0 aromatic heterocycles. The van der Waals surface area contributed by atoms with Gasteiger partial charge < -0.3 is 5.11 Å². The van der Waals surface area contributed by atoms with Gasteiger partial charge in [-0.05, 0) is 26.3 Å². The van der Waals surface area contributed by atoms with Gasteiger partial charge in [0.1, 0.15) is 0 Å². The quantitative estimate of drug-likeness (QED) is 0.547. The van der Waals surface area contributed by atoms with Gasteiger partial charge in [0, 0.05) is 6.42 Å². The van der Waals surface area contributed by atoms with Crippen LogP contribution in [0.3, 0.4) is 0 Å². The standard InChI is InChI=1S/C9H14O/c1-8(2)9(3)6-4-5-7-10/h10H,5,7H2,1-3H3. The third-order valence-corrected chi connectivity index (χ3v) is 1.26. The second-order valence-electron chi connectivity index (χ2n) is 2.40. The summed E-state index contributed by atoms with van der Waals surface area (Å²) in [5, 5.41) is 8.40. The third-order valence-electron chi connectivity index (χ3n) is 1.26. The van der Waals surface area contributed by atoms with E-state index in [4.69, 9.17) is 5.11 Å². The van der Waals surface area contributed by atoms with E-state index in [0.29, 0.717) is 6.42 Å². The molecule has 0 amide bonds. The summed E-state index contributed by atoms with van der Waals surface area (Å²) in [6.07, 6.45) is 0.574. The molecule has 0 spiro atoms. The Labute approximate surface area is 62.8 Å². The highest BCUT2D eigenvalue weighted by Crippen LogP contribution is 1.98. The fourth-order valence-corrected chi connectivity index (χ4v) is 0.376. The van der Waals surface area contributed by atoms with E-state index in [0.717, 1.165) is 5.57 Å². The first kappa shape index (κ1) is 9.26. The molecule has 0 unspecified atom stereocenters. The van der Waals surface area contributed by atoms with Crippen LogP contribution >= 0.6 is 0 Å². The zero-order valence-electron chi connectivity index (χ0n) is 6.86. The first-order chi connectivity index (χ1) is 4.68. The molecule has 1 N–H and O–H groups in total. The lowest BCUT2D eigenvalue weighted by molar-refractivity contribution is 0.305. The molecule has 0 heterocycles. The van der Waals surface area contributed by atoms with Crippen molar-refractivity contribution in [2.24, 2.45) is 0 Å². The van der Waals surface area contributed by atoms with Gasteiger partial charge in [-0.15, -0.1) is 0 Å². The van der Waals surface area contributed by atoms with E-state index >= 15 is 0 Å². The predicted octanol–water partition coefficient (Wildman–Crippen LogP) is 1.73. The maximum absolute atomic E-state index is 8.40. The first-order valence-electron chi connectivity index (χ1n) is 3.42. The van der Waals surface area contributed by atoms with Crippen LogP contribution in [0.15, 0.2) is 11.1 Å². The van der Waals surface area contributed by atoms with Crippen molar-refractivity contribution in [3.05, 3.63) is 11.1 Å². The summed E-state index contributed by atoms with van der Waals surface area (Å²) in [7, 11) is 0. The van der Waals surface area contributed by atoms with Crippen molar-refractivity contribution in [1.82, 2.24) is 0 Å². The monoisotopic (exact) mass is 138 g/mol. The lowest BCUT2D eigenvalue weighted by atomic mass is 10.2. The smallest absolute Gasteiger partial charge is 0.0540 e. The SMILES string of the molecule is CC(C)=C(C)C#CCCO. The summed E-state index contributed by atoms with van der Waals surface area (Å²) in [5.41, 5.74) is 2.35. The highest BCUT2D eigenvalue weighted by molar-refractivity contribution is 5.29. The van der Waals surface area contributed by atoms with Crippen molar-refractivity contribution < 1.29 is 5.11 Å². The topological polar surface area (TPSA) is 20.2 Å². The predicted molar refractivity (Wildman–Crippen MR) is 43.5 cm³/mol. The third kappa shape index (κ3) is 4.17. The number of hydrogen-bond donors (Lipinski definition) is 1. The average molecular weight is 138 g/mol. The molecule has 0 aliphatic heterocycles. The van der Waals surface area contributed by atoms with Gasteiger partial charge in [0.2, 0.25) is 0 Å². The van der Waals surface area contributed by atoms with Crippen LogP contribution in [0.25, 0.3) is 0 Å². The van der Waals surface area contributed by atoms with E-state index in [1.165, 1.54) is 5.57 Å². The zero-order chi connectivity index (χ0) is 7.98. The molecule has 0 aromatic rings. The van der Waals surface area contributed by atoms with Crippen molar-refractivity contribution in [3.63, 3.8) is 0 Å². The maximum atomic E-state index is 8.40. The van der Waals surface area contributed by atoms with Gasteiger partial charge in [0.25, 0.3) is 0 Å². The molecule has 10 heavy (non-hydrogen) atoms. The normalized spacial score (nSPS) is 8.00. The molecule has 56 valence electrons. The van der Waals surface area contributed by atoms with E-state index in [2.05, 4.69) is 11.8 Å². The molecule has 0 saturated carbocycles. The van der Waals surface area contributed by atoms with Crippen molar-refractivity contribution in [2.75, 3.05) is 6.61 Å². The fraction of sp³-hybridized carbons (Fsp3) is 0.556. The molecule has 0 aliphatic rings. The number of allylic oxidation sites excluding steroid dienone is 2. The van der Waals surface area contributed by atoms with Crippen LogP contribution in [-0.2, 0) is 0 Å². The number of hydrogen-bond acceptors (Lipinski definition) is 1. The molecule has 0 bridgehead atoms. The molecule has 0 fully saturated rings. The Morgan fingerprint density at radius 3 is 2.30 bits per heavy atom. The Bertz CT molecular complexity index is 175. The van der Waals surface area contributed by atoms with E-state index in [9.17, 15) is 0 Å². The molecule has 0 atom stereocenters. The Balaban J connectivity index is 3.93. The van der Waals surface area contributed by atoms with Crippen LogP contribution in [0.2, 0.25) is 0 Å². The van der Waals surface area contributed by atoms with Crippen molar-refractivity contribution in [3.8, 4) is 11.8 Å². The Morgan fingerprint density at radius 2 is 1.90 bits per heavy atom. The fourth-order valence-electron chi connectivity index (χ4n) is 0.376. The minimum absolute atomic E-state index is 0.156. The number of aliphatic hydroxyl groups is 1. The second kappa shape index (κ2) is 5.08. The summed E-state index contributed by atoms with van der Waals surface area (Å²) in [5.74, 6) is 5.81. The maximum Gasteiger partial charge on any atom is 0.0540 e. The van der Waals surface area contributed by atoms with Crippen LogP contribution in [-0.4, -0.2) is 11.7 Å². The van der Waals surface area contributed by atoms with E-state index < -0.39 is 0 Å². The lowest BCUT2D eigenvalue weighted by Crippen LogP contribution is -1.78.